The van der Waals surface area contributed by atoms with Gasteiger partial charge in [-0.3, -0.25) is 9.05 Å². The summed E-state index contributed by atoms with van der Waals surface area (Å²) in [5, 5.41) is 16.8. The number of hydrogen-bond donors (Lipinski definition) is 6. The maximum Gasteiger partial charge on any atom is 0.469 e. The normalized spacial score (nSPS) is 14.7. The van der Waals surface area contributed by atoms with Crippen molar-refractivity contribution in [3.8, 4) is 0 Å². The molecule has 0 amide bonds. The summed E-state index contributed by atoms with van der Waals surface area (Å²) in [5.74, 6) is 0. The fourth-order valence-corrected chi connectivity index (χ4v) is 1.12. The number of carbonyl (C=O) groups is 2. The smallest absolute Gasteiger partial charge is 0.383 e. The molecular formula is C6H14O12P2. The first-order valence-corrected chi connectivity index (χ1v) is 7.64. The van der Waals surface area contributed by atoms with Crippen molar-refractivity contribution in [3.05, 3.63) is 0 Å². The van der Waals surface area contributed by atoms with Gasteiger partial charge in [0.05, 0.1) is 13.2 Å². The number of aldehydes is 2. The molecule has 2 unspecified atom stereocenters. The Kier molecular flexibility index (Phi) is 11.1. The summed E-state index contributed by atoms with van der Waals surface area (Å²) < 4.78 is 27.3. The van der Waals surface area contributed by atoms with Crippen LogP contribution in [-0.4, -0.2) is 67.8 Å². The fourth-order valence-electron chi connectivity index (χ4n) is 0.425. The van der Waals surface area contributed by atoms with Gasteiger partial charge in [-0.1, -0.05) is 0 Å². The van der Waals surface area contributed by atoms with E-state index in [1.807, 2.05) is 0 Å². The van der Waals surface area contributed by atoms with Crippen LogP contribution >= 0.6 is 15.6 Å². The van der Waals surface area contributed by atoms with Gasteiger partial charge in [-0.05, 0) is 0 Å². The molecule has 14 heteroatoms. The average molecular weight is 340 g/mol. The molecule has 0 saturated carbocycles. The lowest BCUT2D eigenvalue weighted by Crippen LogP contribution is -2.15. The van der Waals surface area contributed by atoms with Crippen LogP contribution < -0.4 is 0 Å². The fraction of sp³-hybridized carbons (Fsp3) is 0.667. The van der Waals surface area contributed by atoms with Gasteiger partial charge in [-0.25, -0.2) is 9.13 Å². The lowest BCUT2D eigenvalue weighted by Gasteiger charge is -2.04. The van der Waals surface area contributed by atoms with E-state index in [-0.39, 0.29) is 12.6 Å². The van der Waals surface area contributed by atoms with Crippen LogP contribution in [-0.2, 0) is 27.8 Å². The Morgan fingerprint density at radius 1 is 0.800 bits per heavy atom. The quantitative estimate of drug-likeness (QED) is 0.197. The number of rotatable bonds is 8. The largest absolute Gasteiger partial charge is 0.469 e. The third-order valence-electron chi connectivity index (χ3n) is 1.14. The molecule has 0 heterocycles. The minimum absolute atomic E-state index is 0.121. The highest BCUT2D eigenvalue weighted by molar-refractivity contribution is 7.46. The molecule has 0 aliphatic heterocycles. The second-order valence-corrected chi connectivity index (χ2v) is 5.46. The maximum absolute atomic E-state index is 9.90. The van der Waals surface area contributed by atoms with Crippen molar-refractivity contribution in [1.29, 1.82) is 0 Å². The first-order chi connectivity index (χ1) is 8.91. The van der Waals surface area contributed by atoms with E-state index in [1.54, 1.807) is 0 Å². The molecule has 0 rings (SSSR count). The van der Waals surface area contributed by atoms with E-state index >= 15 is 0 Å². The van der Waals surface area contributed by atoms with Crippen LogP contribution in [0.25, 0.3) is 0 Å². The van der Waals surface area contributed by atoms with Crippen LogP contribution in [0.15, 0.2) is 0 Å². The molecule has 0 aromatic carbocycles. The van der Waals surface area contributed by atoms with Crippen LogP contribution in [0.3, 0.4) is 0 Å². The number of aliphatic hydroxyl groups excluding tert-OH is 2. The van der Waals surface area contributed by atoms with E-state index < -0.39 is 41.1 Å². The molecule has 0 saturated heterocycles. The minimum Gasteiger partial charge on any atom is -0.383 e. The maximum atomic E-state index is 9.90. The third kappa shape index (κ3) is 19.8. The monoisotopic (exact) mass is 340 g/mol. The van der Waals surface area contributed by atoms with Crippen molar-refractivity contribution in [2.75, 3.05) is 13.2 Å². The Labute approximate surface area is 112 Å². The van der Waals surface area contributed by atoms with E-state index in [9.17, 15) is 18.7 Å². The van der Waals surface area contributed by atoms with Crippen LogP contribution in [0, 0.1) is 0 Å². The molecule has 0 aromatic rings. The van der Waals surface area contributed by atoms with Gasteiger partial charge in [0.2, 0.25) is 0 Å². The summed E-state index contributed by atoms with van der Waals surface area (Å²) in [5.41, 5.74) is 0. The van der Waals surface area contributed by atoms with E-state index in [1.165, 1.54) is 0 Å². The SMILES string of the molecule is O=CC(O)COP(=O)(O)O.O=CC(O)COP(=O)(O)O. The average Bonchev–Trinajstić information content (AvgIpc) is 2.31. The zero-order valence-electron chi connectivity index (χ0n) is 9.75. The summed E-state index contributed by atoms with van der Waals surface area (Å²) >= 11 is 0. The molecule has 0 fully saturated rings. The number of phosphoric ester groups is 2. The van der Waals surface area contributed by atoms with Crippen molar-refractivity contribution < 1.29 is 57.6 Å². The molecule has 20 heavy (non-hydrogen) atoms. The van der Waals surface area contributed by atoms with Gasteiger partial charge in [-0.2, -0.15) is 0 Å². The summed E-state index contributed by atoms with van der Waals surface area (Å²) in [7, 11) is -9.10. The molecule has 0 aromatic heterocycles. The van der Waals surface area contributed by atoms with Gasteiger partial charge in [0.1, 0.15) is 12.2 Å². The van der Waals surface area contributed by atoms with Crippen molar-refractivity contribution in [3.63, 3.8) is 0 Å². The lowest BCUT2D eigenvalue weighted by atomic mass is 10.4. The predicted molar refractivity (Wildman–Crippen MR) is 60.1 cm³/mol. The van der Waals surface area contributed by atoms with E-state index in [4.69, 9.17) is 29.8 Å². The molecule has 0 aliphatic carbocycles. The van der Waals surface area contributed by atoms with Gasteiger partial charge in [0.15, 0.2) is 12.6 Å². The molecule has 0 aliphatic rings. The molecule has 0 bridgehead atoms. The Morgan fingerprint density at radius 3 is 1.20 bits per heavy atom. The molecule has 12 nitrogen and oxygen atoms in total. The second kappa shape index (κ2) is 10.2. The molecular weight excluding hydrogens is 326 g/mol. The van der Waals surface area contributed by atoms with E-state index in [0.29, 0.717) is 0 Å². The highest BCUT2D eigenvalue weighted by atomic mass is 31.2. The second-order valence-electron chi connectivity index (χ2n) is 2.98. The molecule has 6 N–H and O–H groups in total. The van der Waals surface area contributed by atoms with Crippen molar-refractivity contribution in [2.45, 2.75) is 12.2 Å². The Balaban J connectivity index is 0. The molecule has 0 radical (unpaired) electrons. The Bertz CT molecular complexity index is 334. The van der Waals surface area contributed by atoms with Crippen molar-refractivity contribution in [1.82, 2.24) is 0 Å². The molecule has 2 atom stereocenters. The lowest BCUT2D eigenvalue weighted by molar-refractivity contribution is -0.116. The van der Waals surface area contributed by atoms with Gasteiger partial charge in [-0.15, -0.1) is 0 Å². The van der Waals surface area contributed by atoms with Crippen molar-refractivity contribution in [2.24, 2.45) is 0 Å². The molecule has 120 valence electrons. The van der Waals surface area contributed by atoms with Crippen LogP contribution in [0.2, 0.25) is 0 Å². The zero-order chi connectivity index (χ0) is 16.4. The highest BCUT2D eigenvalue weighted by Gasteiger charge is 2.16. The number of aliphatic hydroxyl groups is 2. The summed E-state index contributed by atoms with van der Waals surface area (Å²) in [6.07, 6.45) is -2.72. The topological polar surface area (TPSA) is 208 Å². The Hall–Kier alpha value is -0.520. The first-order valence-electron chi connectivity index (χ1n) is 4.58. The first kappa shape index (κ1) is 21.8. The summed E-state index contributed by atoms with van der Waals surface area (Å²) in [6, 6.07) is 0. The van der Waals surface area contributed by atoms with E-state index in [2.05, 4.69) is 9.05 Å². The zero-order valence-corrected chi connectivity index (χ0v) is 11.5. The third-order valence-corrected chi connectivity index (χ3v) is 2.11. The van der Waals surface area contributed by atoms with Crippen LogP contribution in [0.1, 0.15) is 0 Å². The summed E-state index contributed by atoms with van der Waals surface area (Å²) in [6.45, 7) is -1.37. The highest BCUT2D eigenvalue weighted by Crippen LogP contribution is 2.35. The van der Waals surface area contributed by atoms with Crippen LogP contribution in [0.5, 0.6) is 0 Å². The Morgan fingerprint density at radius 2 is 1.05 bits per heavy atom. The van der Waals surface area contributed by atoms with E-state index in [0.717, 1.165) is 0 Å². The summed E-state index contributed by atoms with van der Waals surface area (Å²) in [4.78, 5) is 51.4. The number of hydrogen-bond acceptors (Lipinski definition) is 8. The number of carbonyl (C=O) groups excluding carboxylic acids is 2. The van der Waals surface area contributed by atoms with Crippen molar-refractivity contribution >= 4 is 28.2 Å². The van der Waals surface area contributed by atoms with Gasteiger partial charge in [0.25, 0.3) is 0 Å². The standard InChI is InChI=1S/2C3H7O6P/c2*4-1-3(5)2-9-10(6,7)8/h2*1,3,5H,2H2,(H2,6,7,8). The number of phosphoric acid groups is 2. The van der Waals surface area contributed by atoms with Gasteiger partial charge < -0.3 is 39.4 Å². The molecule has 0 spiro atoms. The predicted octanol–water partition coefficient (Wildman–Crippen LogP) is -2.69. The van der Waals surface area contributed by atoms with Gasteiger partial charge in [0, 0.05) is 0 Å². The van der Waals surface area contributed by atoms with Crippen LogP contribution in [0.4, 0.5) is 0 Å². The minimum atomic E-state index is -4.55. The van der Waals surface area contributed by atoms with Gasteiger partial charge >= 0.3 is 15.6 Å².